The zero-order chi connectivity index (χ0) is 19.2. The number of nitrogens with zero attached hydrogens (tertiary/aromatic N) is 1. The third-order valence-electron chi connectivity index (χ3n) is 3.59. The van der Waals surface area contributed by atoms with Gasteiger partial charge in [-0.05, 0) is 56.3 Å². The Morgan fingerprint density at radius 1 is 1.19 bits per heavy atom. The van der Waals surface area contributed by atoms with Crippen LogP contribution in [-0.2, 0) is 11.2 Å². The second kappa shape index (κ2) is 8.88. The molecule has 1 aromatic heterocycles. The first-order valence-corrected chi connectivity index (χ1v) is 9.70. The van der Waals surface area contributed by atoms with Crippen molar-refractivity contribution in [3.05, 3.63) is 63.6 Å². The molecule has 2 aromatic carbocycles. The van der Waals surface area contributed by atoms with Crippen LogP contribution in [0.5, 0.6) is 17.2 Å². The Morgan fingerprint density at radius 2 is 1.93 bits per heavy atom. The van der Waals surface area contributed by atoms with Crippen molar-refractivity contribution in [2.24, 2.45) is 0 Å². The monoisotopic (exact) mass is 402 g/mol. The molecule has 0 aliphatic carbocycles. The number of ether oxygens (including phenoxy) is 2. The molecule has 1 N–H and O–H groups in total. The second-order valence-corrected chi connectivity index (χ2v) is 7.23. The maximum atomic E-state index is 12.4. The van der Waals surface area contributed by atoms with E-state index in [1.807, 2.05) is 43.5 Å². The number of benzene rings is 2. The van der Waals surface area contributed by atoms with Crippen molar-refractivity contribution in [1.82, 2.24) is 4.98 Å². The van der Waals surface area contributed by atoms with Gasteiger partial charge in [-0.3, -0.25) is 4.79 Å². The molecule has 0 bridgehead atoms. The molecule has 3 rings (SSSR count). The van der Waals surface area contributed by atoms with Crippen LogP contribution in [0.3, 0.4) is 0 Å². The summed E-state index contributed by atoms with van der Waals surface area (Å²) in [5.74, 6) is 1.73. The van der Waals surface area contributed by atoms with Crippen LogP contribution in [0.15, 0.2) is 47.8 Å². The van der Waals surface area contributed by atoms with Gasteiger partial charge in [0.15, 0.2) is 5.75 Å². The number of anilines is 1. The van der Waals surface area contributed by atoms with Gasteiger partial charge in [0.2, 0.25) is 5.91 Å². The topological polar surface area (TPSA) is 60.5 Å². The summed E-state index contributed by atoms with van der Waals surface area (Å²) in [7, 11) is 0. The number of amides is 1. The third kappa shape index (κ3) is 5.45. The van der Waals surface area contributed by atoms with Crippen molar-refractivity contribution in [3.8, 4) is 17.2 Å². The molecule has 7 heteroatoms. The third-order valence-corrected chi connectivity index (χ3v) is 4.64. The fourth-order valence-corrected chi connectivity index (χ4v) is 3.22. The lowest BCUT2D eigenvalue weighted by Crippen LogP contribution is -2.15. The van der Waals surface area contributed by atoms with E-state index in [0.717, 1.165) is 16.5 Å². The summed E-state index contributed by atoms with van der Waals surface area (Å²) in [5.41, 5.74) is 1.25. The van der Waals surface area contributed by atoms with E-state index in [1.54, 1.807) is 18.2 Å². The molecule has 5 nitrogen and oxygen atoms in total. The first-order chi connectivity index (χ1) is 13.0. The number of aryl methyl sites for hydroxylation is 1. The molecule has 0 radical (unpaired) electrons. The molecule has 140 valence electrons. The van der Waals surface area contributed by atoms with Crippen LogP contribution in [0.25, 0.3) is 0 Å². The van der Waals surface area contributed by atoms with Gasteiger partial charge in [-0.25, -0.2) is 4.98 Å². The number of carbonyl (C=O) groups is 1. The maximum Gasteiger partial charge on any atom is 0.230 e. The van der Waals surface area contributed by atoms with E-state index in [2.05, 4.69) is 10.3 Å². The molecule has 3 aromatic rings. The van der Waals surface area contributed by atoms with E-state index in [4.69, 9.17) is 21.1 Å². The Balaban J connectivity index is 1.73. The highest BCUT2D eigenvalue weighted by Gasteiger charge is 2.12. The van der Waals surface area contributed by atoms with E-state index in [-0.39, 0.29) is 12.3 Å². The minimum Gasteiger partial charge on any atom is -0.494 e. The van der Waals surface area contributed by atoms with Crippen LogP contribution in [0.4, 0.5) is 5.69 Å². The first-order valence-electron chi connectivity index (χ1n) is 8.44. The molecule has 0 fully saturated rings. The van der Waals surface area contributed by atoms with Crippen molar-refractivity contribution in [2.45, 2.75) is 20.3 Å². The SMILES string of the molecule is CCOc1ccc(Oc2ccc(Cl)cc2NC(=O)Cc2csc(C)n2)cc1. The standard InChI is InChI=1S/C20H19ClN2O3S/c1-3-25-16-5-7-17(8-6-16)26-19-9-4-14(21)10-18(19)23-20(24)11-15-12-27-13(2)22-15/h4-10,12H,3,11H2,1-2H3,(H,23,24). The Hall–Kier alpha value is -2.57. The number of halogens is 1. The van der Waals surface area contributed by atoms with Gasteiger partial charge in [0.25, 0.3) is 0 Å². The number of rotatable bonds is 7. The van der Waals surface area contributed by atoms with Crippen LogP contribution in [0.1, 0.15) is 17.6 Å². The van der Waals surface area contributed by atoms with Crippen molar-refractivity contribution in [3.63, 3.8) is 0 Å². The number of hydrogen-bond acceptors (Lipinski definition) is 5. The van der Waals surface area contributed by atoms with Crippen molar-refractivity contribution >= 4 is 34.5 Å². The van der Waals surface area contributed by atoms with E-state index in [1.165, 1.54) is 11.3 Å². The second-order valence-electron chi connectivity index (χ2n) is 5.73. The van der Waals surface area contributed by atoms with Gasteiger partial charge in [-0.15, -0.1) is 11.3 Å². The summed E-state index contributed by atoms with van der Waals surface area (Å²) in [6, 6.07) is 12.4. The summed E-state index contributed by atoms with van der Waals surface area (Å²) < 4.78 is 11.3. The van der Waals surface area contributed by atoms with Gasteiger partial charge in [-0.2, -0.15) is 0 Å². The van der Waals surface area contributed by atoms with Gasteiger partial charge in [0.05, 0.1) is 29.4 Å². The highest BCUT2D eigenvalue weighted by Crippen LogP contribution is 2.33. The predicted molar refractivity (Wildman–Crippen MR) is 108 cm³/mol. The number of hydrogen-bond donors (Lipinski definition) is 1. The minimum absolute atomic E-state index is 0.181. The molecule has 0 atom stereocenters. The van der Waals surface area contributed by atoms with Crippen LogP contribution < -0.4 is 14.8 Å². The normalized spacial score (nSPS) is 10.5. The van der Waals surface area contributed by atoms with Crippen molar-refractivity contribution < 1.29 is 14.3 Å². The summed E-state index contributed by atoms with van der Waals surface area (Å²) >= 11 is 7.61. The van der Waals surface area contributed by atoms with Crippen LogP contribution in [0.2, 0.25) is 5.02 Å². The molecule has 0 unspecified atom stereocenters. The quantitative estimate of drug-likeness (QED) is 0.568. The van der Waals surface area contributed by atoms with E-state index in [0.29, 0.717) is 28.8 Å². The van der Waals surface area contributed by atoms with Gasteiger partial charge >= 0.3 is 0 Å². The van der Waals surface area contributed by atoms with Crippen molar-refractivity contribution in [1.29, 1.82) is 0 Å². The summed E-state index contributed by atoms with van der Waals surface area (Å²) in [6.45, 7) is 4.44. The van der Waals surface area contributed by atoms with Crippen LogP contribution in [0, 0.1) is 6.92 Å². The zero-order valence-corrected chi connectivity index (χ0v) is 16.6. The molecule has 0 aliphatic heterocycles. The van der Waals surface area contributed by atoms with Crippen LogP contribution >= 0.6 is 22.9 Å². The first kappa shape index (κ1) is 19.2. The lowest BCUT2D eigenvalue weighted by atomic mass is 10.2. The average Bonchev–Trinajstić information content (AvgIpc) is 3.04. The van der Waals surface area contributed by atoms with E-state index in [9.17, 15) is 4.79 Å². The average molecular weight is 403 g/mol. The van der Waals surface area contributed by atoms with Gasteiger partial charge in [-0.1, -0.05) is 11.6 Å². The molecular formula is C20H19ClN2O3S. The molecule has 1 heterocycles. The minimum atomic E-state index is -0.181. The molecule has 0 saturated carbocycles. The lowest BCUT2D eigenvalue weighted by molar-refractivity contribution is -0.115. The Bertz CT molecular complexity index is 925. The van der Waals surface area contributed by atoms with E-state index < -0.39 is 0 Å². The fraction of sp³-hybridized carbons (Fsp3) is 0.200. The summed E-state index contributed by atoms with van der Waals surface area (Å²) in [5, 5.41) is 6.17. The highest BCUT2D eigenvalue weighted by atomic mass is 35.5. The molecule has 0 spiro atoms. The maximum absolute atomic E-state index is 12.4. The summed E-state index contributed by atoms with van der Waals surface area (Å²) in [6.07, 6.45) is 0.194. The zero-order valence-electron chi connectivity index (χ0n) is 15.0. The van der Waals surface area contributed by atoms with Gasteiger partial charge < -0.3 is 14.8 Å². The van der Waals surface area contributed by atoms with E-state index >= 15 is 0 Å². The smallest absolute Gasteiger partial charge is 0.230 e. The Labute approximate surface area is 166 Å². The molecule has 0 saturated heterocycles. The lowest BCUT2D eigenvalue weighted by Gasteiger charge is -2.13. The fourth-order valence-electron chi connectivity index (χ4n) is 2.43. The largest absolute Gasteiger partial charge is 0.494 e. The molecule has 27 heavy (non-hydrogen) atoms. The number of carbonyl (C=O) groups excluding carboxylic acids is 1. The highest BCUT2D eigenvalue weighted by molar-refractivity contribution is 7.09. The number of thiazole rings is 1. The Morgan fingerprint density at radius 3 is 2.59 bits per heavy atom. The molecule has 0 aliphatic rings. The number of aromatic nitrogens is 1. The molecule has 1 amide bonds. The van der Waals surface area contributed by atoms with Crippen LogP contribution in [-0.4, -0.2) is 17.5 Å². The van der Waals surface area contributed by atoms with Crippen molar-refractivity contribution in [2.75, 3.05) is 11.9 Å². The predicted octanol–water partition coefficient (Wildman–Crippen LogP) is 5.48. The molecular weight excluding hydrogens is 384 g/mol. The Kier molecular flexibility index (Phi) is 6.32. The van der Waals surface area contributed by atoms with Gasteiger partial charge in [0.1, 0.15) is 11.5 Å². The number of nitrogens with one attached hydrogen (secondary N) is 1. The van der Waals surface area contributed by atoms with Gasteiger partial charge in [0, 0.05) is 10.4 Å². The summed E-state index contributed by atoms with van der Waals surface area (Å²) in [4.78, 5) is 16.7.